The molecule has 0 amide bonds. The molecule has 0 aliphatic carbocycles. The molecule has 0 saturated carbocycles. The first-order valence-corrected chi connectivity index (χ1v) is 7.16. The van der Waals surface area contributed by atoms with Crippen LogP contribution in [0.3, 0.4) is 0 Å². The van der Waals surface area contributed by atoms with Gasteiger partial charge in [0.05, 0.1) is 6.04 Å². The molecule has 2 aromatic carbocycles. The first kappa shape index (κ1) is 13.6. The predicted molar refractivity (Wildman–Crippen MR) is 84.6 cm³/mol. The van der Waals surface area contributed by atoms with Crippen LogP contribution in [0.4, 0.5) is 0 Å². The molecule has 0 saturated heterocycles. The van der Waals surface area contributed by atoms with Crippen molar-refractivity contribution in [2.24, 2.45) is 5.73 Å². The highest BCUT2D eigenvalue weighted by Gasteiger charge is 2.11. The van der Waals surface area contributed by atoms with Crippen molar-refractivity contribution in [3.8, 4) is 22.4 Å². The van der Waals surface area contributed by atoms with E-state index in [0.29, 0.717) is 0 Å². The highest BCUT2D eigenvalue weighted by molar-refractivity contribution is 5.68. The summed E-state index contributed by atoms with van der Waals surface area (Å²) in [6.07, 6.45) is 0.835. The van der Waals surface area contributed by atoms with Crippen molar-refractivity contribution >= 4 is 0 Å². The van der Waals surface area contributed by atoms with Crippen LogP contribution in [0.15, 0.2) is 65.2 Å². The van der Waals surface area contributed by atoms with Crippen LogP contribution < -0.4 is 5.73 Å². The Morgan fingerprint density at radius 3 is 2.24 bits per heavy atom. The van der Waals surface area contributed by atoms with E-state index in [0.717, 1.165) is 23.4 Å². The van der Waals surface area contributed by atoms with Gasteiger partial charge < -0.3 is 10.3 Å². The van der Waals surface area contributed by atoms with Crippen molar-refractivity contribution in [2.75, 3.05) is 0 Å². The molecule has 3 nitrogen and oxygen atoms in total. The van der Waals surface area contributed by atoms with Gasteiger partial charge in [-0.1, -0.05) is 66.7 Å². The maximum absolute atomic E-state index is 5.95. The Bertz CT molecular complexity index is 702. The summed E-state index contributed by atoms with van der Waals surface area (Å²) >= 11 is 0. The van der Waals surface area contributed by atoms with Crippen molar-refractivity contribution in [3.05, 3.63) is 66.4 Å². The molecule has 3 aromatic rings. The van der Waals surface area contributed by atoms with Crippen LogP contribution in [0.2, 0.25) is 0 Å². The summed E-state index contributed by atoms with van der Waals surface area (Å²) in [6.45, 7) is 2.03. The Morgan fingerprint density at radius 2 is 1.57 bits per heavy atom. The number of hydrogen-bond donors (Lipinski definition) is 1. The molecule has 0 aliphatic heterocycles. The molecule has 0 bridgehead atoms. The number of hydrogen-bond acceptors (Lipinski definition) is 3. The molecule has 3 rings (SSSR count). The fourth-order valence-corrected chi connectivity index (χ4v) is 2.27. The van der Waals surface area contributed by atoms with Gasteiger partial charge in [-0.15, -0.1) is 0 Å². The third-order valence-corrected chi connectivity index (χ3v) is 3.62. The van der Waals surface area contributed by atoms with Crippen LogP contribution >= 0.6 is 0 Å². The smallest absolute Gasteiger partial charge is 0.154 e. The van der Waals surface area contributed by atoms with Gasteiger partial charge in [-0.3, -0.25) is 0 Å². The van der Waals surface area contributed by atoms with Crippen molar-refractivity contribution < 1.29 is 4.52 Å². The molecule has 2 N–H and O–H groups in total. The summed E-state index contributed by atoms with van der Waals surface area (Å²) < 4.78 is 5.31. The maximum Gasteiger partial charge on any atom is 0.154 e. The normalized spacial score (nSPS) is 12.3. The lowest BCUT2D eigenvalue weighted by Crippen LogP contribution is -2.06. The molecule has 1 aromatic heterocycles. The number of rotatable bonds is 4. The van der Waals surface area contributed by atoms with Crippen molar-refractivity contribution in [2.45, 2.75) is 19.4 Å². The van der Waals surface area contributed by atoms with E-state index < -0.39 is 0 Å². The Morgan fingerprint density at radius 1 is 0.952 bits per heavy atom. The van der Waals surface area contributed by atoms with E-state index >= 15 is 0 Å². The summed E-state index contributed by atoms with van der Waals surface area (Å²) in [4.78, 5) is 0. The van der Waals surface area contributed by atoms with Crippen LogP contribution in [-0.4, -0.2) is 5.16 Å². The zero-order chi connectivity index (χ0) is 14.7. The summed E-state index contributed by atoms with van der Waals surface area (Å²) in [5, 5.41) is 4.10. The van der Waals surface area contributed by atoms with Crippen LogP contribution in [0.5, 0.6) is 0 Å². The van der Waals surface area contributed by atoms with E-state index in [2.05, 4.69) is 41.6 Å². The maximum atomic E-state index is 5.95. The van der Waals surface area contributed by atoms with Crippen molar-refractivity contribution in [1.82, 2.24) is 5.16 Å². The second-order valence-corrected chi connectivity index (χ2v) is 5.07. The fourth-order valence-electron chi connectivity index (χ4n) is 2.27. The van der Waals surface area contributed by atoms with Gasteiger partial charge in [0.15, 0.2) is 5.76 Å². The van der Waals surface area contributed by atoms with Crippen LogP contribution in [-0.2, 0) is 0 Å². The minimum Gasteiger partial charge on any atom is -0.359 e. The summed E-state index contributed by atoms with van der Waals surface area (Å²) in [7, 11) is 0. The summed E-state index contributed by atoms with van der Waals surface area (Å²) in [6, 6.07) is 20.4. The predicted octanol–water partition coefficient (Wildman–Crippen LogP) is 4.42. The number of benzene rings is 2. The third kappa shape index (κ3) is 2.88. The van der Waals surface area contributed by atoms with Gasteiger partial charge in [0, 0.05) is 11.6 Å². The molecular formula is C18H18N2O. The lowest BCUT2D eigenvalue weighted by molar-refractivity contribution is 0.360. The Balaban J connectivity index is 1.86. The van der Waals surface area contributed by atoms with Crippen LogP contribution in [0.25, 0.3) is 22.4 Å². The minimum absolute atomic E-state index is 0.0881. The quantitative estimate of drug-likeness (QED) is 0.768. The molecule has 3 heteroatoms. The van der Waals surface area contributed by atoms with E-state index in [9.17, 15) is 0 Å². The number of aromatic nitrogens is 1. The van der Waals surface area contributed by atoms with Crippen LogP contribution in [0.1, 0.15) is 25.1 Å². The molecular weight excluding hydrogens is 260 g/mol. The average Bonchev–Trinajstić information content (AvgIpc) is 3.05. The second kappa shape index (κ2) is 5.94. The largest absolute Gasteiger partial charge is 0.359 e. The second-order valence-electron chi connectivity index (χ2n) is 5.07. The Labute approximate surface area is 124 Å². The first-order valence-electron chi connectivity index (χ1n) is 7.16. The fraction of sp³-hybridized carbons (Fsp3) is 0.167. The van der Waals surface area contributed by atoms with Crippen molar-refractivity contribution in [1.29, 1.82) is 0 Å². The zero-order valence-electron chi connectivity index (χ0n) is 12.0. The average molecular weight is 278 g/mol. The third-order valence-electron chi connectivity index (χ3n) is 3.62. The van der Waals surface area contributed by atoms with E-state index in [1.165, 1.54) is 11.1 Å². The monoisotopic (exact) mass is 278 g/mol. The highest BCUT2D eigenvalue weighted by Crippen LogP contribution is 2.26. The van der Waals surface area contributed by atoms with Gasteiger partial charge in [-0.2, -0.15) is 0 Å². The molecule has 0 radical (unpaired) electrons. The lowest BCUT2D eigenvalue weighted by atomic mass is 10.0. The molecule has 1 heterocycles. The lowest BCUT2D eigenvalue weighted by Gasteiger charge is -2.02. The molecule has 0 spiro atoms. The Hall–Kier alpha value is -2.39. The zero-order valence-corrected chi connectivity index (χ0v) is 12.0. The topological polar surface area (TPSA) is 52.0 Å². The minimum atomic E-state index is -0.0881. The standard InChI is InChI=1S/C18H18N2O/c1-2-16(19)18-12-17(20-21-18)15-10-8-14(9-11-15)13-6-4-3-5-7-13/h3-12,16H,2,19H2,1H3. The van der Waals surface area contributed by atoms with Gasteiger partial charge in [0.1, 0.15) is 5.69 Å². The van der Waals surface area contributed by atoms with Gasteiger partial charge in [0.2, 0.25) is 0 Å². The molecule has 0 fully saturated rings. The van der Waals surface area contributed by atoms with Gasteiger partial charge in [0.25, 0.3) is 0 Å². The van der Waals surface area contributed by atoms with Gasteiger partial charge >= 0.3 is 0 Å². The van der Waals surface area contributed by atoms with E-state index in [-0.39, 0.29) is 6.04 Å². The van der Waals surface area contributed by atoms with E-state index in [1.54, 1.807) is 0 Å². The highest BCUT2D eigenvalue weighted by atomic mass is 16.5. The molecule has 0 aliphatic rings. The van der Waals surface area contributed by atoms with E-state index in [1.807, 2.05) is 31.2 Å². The molecule has 1 atom stereocenters. The van der Waals surface area contributed by atoms with Gasteiger partial charge in [-0.05, 0) is 17.5 Å². The SMILES string of the molecule is CCC(N)c1cc(-c2ccc(-c3ccccc3)cc2)no1. The number of nitrogens with two attached hydrogens (primary N) is 1. The van der Waals surface area contributed by atoms with Gasteiger partial charge in [-0.25, -0.2) is 0 Å². The summed E-state index contributed by atoms with van der Waals surface area (Å²) in [5.41, 5.74) is 10.2. The number of nitrogens with zero attached hydrogens (tertiary/aromatic N) is 1. The van der Waals surface area contributed by atoms with E-state index in [4.69, 9.17) is 10.3 Å². The van der Waals surface area contributed by atoms with Crippen molar-refractivity contribution in [3.63, 3.8) is 0 Å². The Kier molecular flexibility index (Phi) is 3.84. The molecule has 106 valence electrons. The summed E-state index contributed by atoms with van der Waals surface area (Å²) in [5.74, 6) is 0.736. The first-order chi connectivity index (χ1) is 10.3. The molecule has 1 unspecified atom stereocenters. The molecule has 21 heavy (non-hydrogen) atoms. The van der Waals surface area contributed by atoms with Crippen LogP contribution in [0, 0.1) is 0 Å².